The van der Waals surface area contributed by atoms with Gasteiger partial charge in [0, 0.05) is 15.8 Å². The number of amides is 1. The Hall–Kier alpha value is -2.21. The molecule has 1 atom stereocenters. The Balaban J connectivity index is 0.000000396. The lowest BCUT2D eigenvalue weighted by Crippen LogP contribution is -2.49. The molecule has 1 unspecified atom stereocenters. The first-order chi connectivity index (χ1) is 16.4. The van der Waals surface area contributed by atoms with Gasteiger partial charge in [-0.15, -0.1) is 11.3 Å². The van der Waals surface area contributed by atoms with Crippen molar-refractivity contribution in [3.63, 3.8) is 0 Å². The van der Waals surface area contributed by atoms with Gasteiger partial charge in [-0.25, -0.2) is 9.27 Å². The minimum absolute atomic E-state index is 0.0775. The number of nitrogens with zero attached hydrogens (tertiary/aromatic N) is 1. The van der Waals surface area contributed by atoms with Crippen LogP contribution < -0.4 is 10.8 Å². The van der Waals surface area contributed by atoms with Crippen LogP contribution in [0.4, 0.5) is 0 Å². The Morgan fingerprint density at radius 1 is 1.21 bits per heavy atom. The number of hydrogen-bond acceptors (Lipinski definition) is 8. The van der Waals surface area contributed by atoms with Crippen LogP contribution >= 0.6 is 23.4 Å². The Bertz CT molecular complexity index is 1030. The van der Waals surface area contributed by atoms with Crippen LogP contribution in [-0.4, -0.2) is 40.5 Å². The van der Waals surface area contributed by atoms with E-state index in [2.05, 4.69) is 34.8 Å². The molecular formula is C24H30BN3O4S2. The molecule has 2 aromatic carbocycles. The first-order valence-corrected chi connectivity index (χ1v) is 12.8. The molecular weight excluding hydrogens is 469 g/mol. The van der Waals surface area contributed by atoms with Crippen molar-refractivity contribution >= 4 is 36.4 Å². The van der Waals surface area contributed by atoms with Crippen molar-refractivity contribution < 1.29 is 19.1 Å². The molecule has 4 rings (SSSR count). The van der Waals surface area contributed by atoms with Crippen LogP contribution in [0, 0.1) is 19.8 Å². The molecule has 180 valence electrons. The lowest BCUT2D eigenvalue weighted by atomic mass is 9.76. The third-order valence-corrected chi connectivity index (χ3v) is 6.53. The van der Waals surface area contributed by atoms with E-state index in [9.17, 15) is 14.8 Å². The van der Waals surface area contributed by atoms with Gasteiger partial charge in [-0.3, -0.25) is 4.79 Å². The highest BCUT2D eigenvalue weighted by atomic mass is 32.2. The third-order valence-electron chi connectivity index (χ3n) is 5.11. The number of hydrogen-bond donors (Lipinski definition) is 4. The Kier molecular flexibility index (Phi) is 10.6. The second kappa shape index (κ2) is 13.6. The minimum atomic E-state index is -1.55. The molecule has 1 aliphatic carbocycles. The van der Waals surface area contributed by atoms with Gasteiger partial charge in [-0.1, -0.05) is 60.9 Å². The van der Waals surface area contributed by atoms with Crippen molar-refractivity contribution in [3.8, 4) is 11.3 Å². The summed E-state index contributed by atoms with van der Waals surface area (Å²) in [6.07, 6.45) is 2.75. The molecule has 0 aliphatic heterocycles. The van der Waals surface area contributed by atoms with E-state index in [0.717, 1.165) is 46.0 Å². The van der Waals surface area contributed by atoms with Gasteiger partial charge in [0.2, 0.25) is 5.91 Å². The maximum atomic E-state index is 11.9. The monoisotopic (exact) mass is 499 g/mol. The lowest BCUT2D eigenvalue weighted by molar-refractivity contribution is -0.121. The summed E-state index contributed by atoms with van der Waals surface area (Å²) in [5.74, 6) is -0.510. The maximum absolute atomic E-state index is 11.9. The van der Waals surface area contributed by atoms with E-state index in [1.165, 1.54) is 5.56 Å². The van der Waals surface area contributed by atoms with E-state index in [4.69, 9.17) is 4.28 Å². The first-order valence-electron chi connectivity index (χ1n) is 11.2. The molecule has 0 bridgehead atoms. The predicted molar refractivity (Wildman–Crippen MR) is 138 cm³/mol. The molecule has 1 aliphatic rings. The number of aromatic nitrogens is 1. The van der Waals surface area contributed by atoms with E-state index in [-0.39, 0.29) is 12.5 Å². The molecule has 10 heteroatoms. The quantitative estimate of drug-likeness (QED) is 0.145. The zero-order valence-corrected chi connectivity index (χ0v) is 20.9. The molecule has 0 radical (unpaired) electrons. The molecule has 7 nitrogen and oxygen atoms in total. The normalized spacial score (nSPS) is 13.5. The van der Waals surface area contributed by atoms with Gasteiger partial charge < -0.3 is 15.4 Å². The fraction of sp³-hybridized carbons (Fsp3) is 0.333. The number of nitrogens with one attached hydrogen (secondary N) is 2. The molecule has 1 aromatic heterocycles. The second-order valence-corrected chi connectivity index (χ2v) is 10.1. The first kappa shape index (κ1) is 26.4. The molecule has 4 N–H and O–H groups in total. The number of hydroxylamine groups is 1. The molecule has 1 saturated carbocycles. The van der Waals surface area contributed by atoms with E-state index < -0.39 is 13.1 Å². The van der Waals surface area contributed by atoms with Crippen LogP contribution in [0.25, 0.3) is 11.3 Å². The smallest absolute Gasteiger partial charge is 0.426 e. The summed E-state index contributed by atoms with van der Waals surface area (Å²) >= 11 is 2.71. The fourth-order valence-electron chi connectivity index (χ4n) is 3.14. The SMILES string of the molecule is Cc1ccccc1.Cc1nc(-c2cccc(SONCC(=O)NC(CC3CC3)B(O)O)c2)cs1. The summed E-state index contributed by atoms with van der Waals surface area (Å²) in [7, 11) is -1.55. The van der Waals surface area contributed by atoms with Crippen LogP contribution in [0.15, 0.2) is 64.9 Å². The Morgan fingerprint density at radius 3 is 2.56 bits per heavy atom. The van der Waals surface area contributed by atoms with Crippen molar-refractivity contribution in [1.29, 1.82) is 0 Å². The number of benzene rings is 2. The van der Waals surface area contributed by atoms with Gasteiger partial charge in [0.15, 0.2) is 0 Å². The molecule has 3 aromatic rings. The highest BCUT2D eigenvalue weighted by Gasteiger charge is 2.32. The molecule has 0 saturated heterocycles. The molecule has 1 amide bonds. The summed E-state index contributed by atoms with van der Waals surface area (Å²) in [4.78, 5) is 17.3. The van der Waals surface area contributed by atoms with Crippen LogP contribution in [0.3, 0.4) is 0 Å². The zero-order valence-electron chi connectivity index (χ0n) is 19.3. The largest absolute Gasteiger partial charge is 0.475 e. The van der Waals surface area contributed by atoms with E-state index >= 15 is 0 Å². The van der Waals surface area contributed by atoms with Gasteiger partial charge in [-0.2, -0.15) is 5.48 Å². The highest BCUT2D eigenvalue weighted by Crippen LogP contribution is 2.33. The molecule has 34 heavy (non-hydrogen) atoms. The van der Waals surface area contributed by atoms with Crippen LogP contribution in [-0.2, 0) is 9.08 Å². The van der Waals surface area contributed by atoms with E-state index in [0.29, 0.717) is 12.3 Å². The number of carbonyl (C=O) groups is 1. The molecule has 1 fully saturated rings. The zero-order chi connectivity index (χ0) is 24.3. The van der Waals surface area contributed by atoms with Gasteiger partial charge >= 0.3 is 7.12 Å². The number of rotatable bonds is 10. The summed E-state index contributed by atoms with van der Waals surface area (Å²) < 4.78 is 5.28. The van der Waals surface area contributed by atoms with Crippen molar-refractivity contribution in [2.24, 2.45) is 5.92 Å². The van der Waals surface area contributed by atoms with E-state index in [1.54, 1.807) is 11.3 Å². The highest BCUT2D eigenvalue weighted by molar-refractivity contribution is 7.94. The topological polar surface area (TPSA) is 104 Å². The Labute approximate surface area is 209 Å². The minimum Gasteiger partial charge on any atom is -0.426 e. The van der Waals surface area contributed by atoms with Crippen LogP contribution in [0.1, 0.15) is 29.8 Å². The van der Waals surface area contributed by atoms with Crippen molar-refractivity contribution in [3.05, 3.63) is 70.5 Å². The number of thiazole rings is 1. The fourth-order valence-corrected chi connectivity index (χ4v) is 4.28. The average molecular weight is 499 g/mol. The lowest BCUT2D eigenvalue weighted by Gasteiger charge is -2.17. The standard InChI is InChI=1S/C17H22BN3O4S2.C7H8/c1-11-20-15(10-26-11)13-3-2-4-14(8-13)27-25-19-9-17(22)21-16(18(23)24)7-12-5-6-12;1-7-5-3-2-4-6-7/h2-4,8,10,12,16,19,23-24H,5-7,9H2,1H3,(H,21,22);2-6H,1H3. The van der Waals surface area contributed by atoms with Crippen molar-refractivity contribution in [2.75, 3.05) is 6.54 Å². The van der Waals surface area contributed by atoms with Crippen LogP contribution in [0.5, 0.6) is 0 Å². The van der Waals surface area contributed by atoms with Crippen molar-refractivity contribution in [1.82, 2.24) is 15.8 Å². The molecule has 0 spiro atoms. The number of aryl methyl sites for hydroxylation is 2. The summed E-state index contributed by atoms with van der Waals surface area (Å²) in [6, 6.07) is 18.0. The summed E-state index contributed by atoms with van der Waals surface area (Å²) in [5, 5.41) is 24.4. The van der Waals surface area contributed by atoms with Crippen LogP contribution in [0.2, 0.25) is 0 Å². The predicted octanol–water partition coefficient (Wildman–Crippen LogP) is 3.94. The second-order valence-electron chi connectivity index (χ2n) is 8.19. The van der Waals surface area contributed by atoms with Gasteiger partial charge in [-0.05, 0) is 38.3 Å². The van der Waals surface area contributed by atoms with Gasteiger partial charge in [0.1, 0.15) is 6.54 Å². The van der Waals surface area contributed by atoms with Crippen molar-refractivity contribution in [2.45, 2.75) is 43.9 Å². The maximum Gasteiger partial charge on any atom is 0.475 e. The Morgan fingerprint density at radius 2 is 1.97 bits per heavy atom. The average Bonchev–Trinajstić information content (AvgIpc) is 3.54. The third kappa shape index (κ3) is 9.57. The van der Waals surface area contributed by atoms with Gasteiger partial charge in [0.25, 0.3) is 0 Å². The van der Waals surface area contributed by atoms with Gasteiger partial charge in [0.05, 0.1) is 28.7 Å². The molecule has 1 heterocycles. The van der Waals surface area contributed by atoms with E-state index in [1.807, 2.05) is 54.8 Å². The summed E-state index contributed by atoms with van der Waals surface area (Å²) in [6.45, 7) is 3.97. The summed E-state index contributed by atoms with van der Waals surface area (Å²) in [5.41, 5.74) is 5.84. The number of carbonyl (C=O) groups excluding carboxylic acids is 1.